The molecule has 1 atom stereocenters. The molecule has 200 valence electrons. The van der Waals surface area contributed by atoms with E-state index in [0.29, 0.717) is 23.5 Å². The van der Waals surface area contributed by atoms with Crippen molar-refractivity contribution in [3.05, 3.63) is 59.7 Å². The van der Waals surface area contributed by atoms with Crippen LogP contribution in [0.3, 0.4) is 0 Å². The van der Waals surface area contributed by atoms with Gasteiger partial charge in [0, 0.05) is 49.0 Å². The highest BCUT2D eigenvalue weighted by atomic mass is 16.2. The predicted octanol–water partition coefficient (Wildman–Crippen LogP) is 4.08. The number of piperidine rings is 2. The molecule has 2 aromatic rings. The molecule has 3 aliphatic rings. The molecule has 4 amide bonds. The summed E-state index contributed by atoms with van der Waals surface area (Å²) >= 11 is 0. The first kappa shape index (κ1) is 25.9. The molecule has 0 bridgehead atoms. The topological polar surface area (TPSA) is 98.8 Å². The number of carbonyl (C=O) groups is 4. The molecule has 3 fully saturated rings. The number of hydrogen-bond donors (Lipinski definition) is 2. The lowest BCUT2D eigenvalue weighted by Crippen LogP contribution is -2.44. The van der Waals surface area contributed by atoms with Crippen LogP contribution >= 0.6 is 0 Å². The maximum atomic E-state index is 12.8. The van der Waals surface area contributed by atoms with Gasteiger partial charge in [0.2, 0.25) is 17.7 Å². The van der Waals surface area contributed by atoms with Crippen LogP contribution in [0.25, 0.3) is 0 Å². The highest BCUT2D eigenvalue weighted by Crippen LogP contribution is 2.32. The van der Waals surface area contributed by atoms with Gasteiger partial charge in [-0.15, -0.1) is 0 Å². The third kappa shape index (κ3) is 6.60. The Hall–Kier alpha value is -3.68. The Bertz CT molecular complexity index is 1180. The average molecular weight is 517 g/mol. The van der Waals surface area contributed by atoms with Crippen LogP contribution in [-0.2, 0) is 20.8 Å². The van der Waals surface area contributed by atoms with Crippen molar-refractivity contribution in [3.63, 3.8) is 0 Å². The highest BCUT2D eigenvalue weighted by Gasteiger charge is 2.36. The van der Waals surface area contributed by atoms with Crippen molar-refractivity contribution in [2.24, 2.45) is 11.8 Å². The first-order chi connectivity index (χ1) is 18.5. The summed E-state index contributed by atoms with van der Waals surface area (Å²) in [6, 6.07) is 14.4. The minimum atomic E-state index is -0.200. The molecule has 38 heavy (non-hydrogen) atoms. The summed E-state index contributed by atoms with van der Waals surface area (Å²) in [4.78, 5) is 54.4. The summed E-state index contributed by atoms with van der Waals surface area (Å²) in [6.45, 7) is 2.80. The minimum absolute atomic E-state index is 0.00822. The number of anilines is 2. The standard InChI is InChI=1S/C30H36N4O4/c35-27(31-26-8-4-6-23(19-26)30(38)33-15-2-1-3-16-33)18-21-9-13-25(14-10-21)32-28(36)24-7-5-17-34(20-24)29(37)22-11-12-22/h4,6,8-10,13-14,19,22,24H,1-3,5,7,11-12,15-18,20H2,(H,31,35)(H,32,36). The van der Waals surface area contributed by atoms with Gasteiger partial charge in [-0.2, -0.15) is 0 Å². The second-order valence-electron chi connectivity index (χ2n) is 10.7. The number of carbonyl (C=O) groups excluding carboxylic acids is 4. The van der Waals surface area contributed by atoms with E-state index in [-0.39, 0.29) is 41.9 Å². The van der Waals surface area contributed by atoms with Crippen molar-refractivity contribution in [2.75, 3.05) is 36.8 Å². The van der Waals surface area contributed by atoms with E-state index in [1.165, 1.54) is 0 Å². The van der Waals surface area contributed by atoms with Crippen molar-refractivity contribution in [3.8, 4) is 0 Å². The van der Waals surface area contributed by atoms with Crippen LogP contribution in [-0.4, -0.2) is 59.6 Å². The fourth-order valence-electron chi connectivity index (χ4n) is 5.33. The average Bonchev–Trinajstić information content (AvgIpc) is 3.80. The monoisotopic (exact) mass is 516 g/mol. The maximum Gasteiger partial charge on any atom is 0.253 e. The first-order valence-electron chi connectivity index (χ1n) is 13.8. The van der Waals surface area contributed by atoms with Gasteiger partial charge in [0.25, 0.3) is 5.91 Å². The van der Waals surface area contributed by atoms with Crippen molar-refractivity contribution in [2.45, 2.75) is 51.4 Å². The van der Waals surface area contributed by atoms with Crippen molar-refractivity contribution < 1.29 is 19.2 Å². The van der Waals surface area contributed by atoms with Gasteiger partial charge in [-0.1, -0.05) is 18.2 Å². The largest absolute Gasteiger partial charge is 0.342 e. The van der Waals surface area contributed by atoms with Crippen LogP contribution < -0.4 is 10.6 Å². The van der Waals surface area contributed by atoms with Crippen molar-refractivity contribution in [1.82, 2.24) is 9.80 Å². The number of rotatable bonds is 7. The second kappa shape index (κ2) is 11.8. The van der Waals surface area contributed by atoms with Crippen LogP contribution in [0, 0.1) is 11.8 Å². The molecular formula is C30H36N4O4. The summed E-state index contributed by atoms with van der Waals surface area (Å²) in [5, 5.41) is 5.86. The summed E-state index contributed by atoms with van der Waals surface area (Å²) in [5.41, 5.74) is 2.68. The van der Waals surface area contributed by atoms with E-state index in [0.717, 1.165) is 70.1 Å². The lowest BCUT2D eigenvalue weighted by Gasteiger charge is -2.32. The Morgan fingerprint density at radius 1 is 0.737 bits per heavy atom. The third-order valence-corrected chi connectivity index (χ3v) is 7.65. The lowest BCUT2D eigenvalue weighted by atomic mass is 9.96. The first-order valence-corrected chi connectivity index (χ1v) is 13.8. The molecular weight excluding hydrogens is 480 g/mol. The Morgan fingerprint density at radius 3 is 2.21 bits per heavy atom. The Kier molecular flexibility index (Phi) is 8.05. The van der Waals surface area contributed by atoms with Gasteiger partial charge < -0.3 is 20.4 Å². The number of benzene rings is 2. The Balaban J connectivity index is 1.11. The molecule has 2 N–H and O–H groups in total. The number of amides is 4. The Labute approximate surface area is 223 Å². The fraction of sp³-hybridized carbons (Fsp3) is 0.467. The summed E-state index contributed by atoms with van der Waals surface area (Å²) in [6.07, 6.45) is 6.98. The van der Waals surface area contributed by atoms with Gasteiger partial charge in [-0.3, -0.25) is 19.2 Å². The van der Waals surface area contributed by atoms with Gasteiger partial charge in [0.1, 0.15) is 0 Å². The van der Waals surface area contributed by atoms with Gasteiger partial charge in [-0.05, 0) is 80.8 Å². The van der Waals surface area contributed by atoms with E-state index >= 15 is 0 Å². The SMILES string of the molecule is O=C(Cc1ccc(NC(=O)C2CCCN(C(=O)C3CC3)C2)cc1)Nc1cccc(C(=O)N2CCCCC2)c1. The van der Waals surface area contributed by atoms with E-state index in [9.17, 15) is 19.2 Å². The zero-order chi connectivity index (χ0) is 26.5. The van der Waals surface area contributed by atoms with Crippen LogP contribution in [0.2, 0.25) is 0 Å². The van der Waals surface area contributed by atoms with E-state index < -0.39 is 0 Å². The molecule has 1 saturated carbocycles. The van der Waals surface area contributed by atoms with Gasteiger partial charge in [0.15, 0.2) is 0 Å². The van der Waals surface area contributed by atoms with Gasteiger partial charge in [0.05, 0.1) is 12.3 Å². The molecule has 1 aliphatic carbocycles. The van der Waals surface area contributed by atoms with Crippen LogP contribution in [0.1, 0.15) is 60.9 Å². The van der Waals surface area contributed by atoms with Crippen molar-refractivity contribution >= 4 is 35.0 Å². The molecule has 8 heteroatoms. The summed E-state index contributed by atoms with van der Waals surface area (Å²) in [7, 11) is 0. The fourth-order valence-corrected chi connectivity index (χ4v) is 5.33. The van der Waals surface area contributed by atoms with Gasteiger partial charge >= 0.3 is 0 Å². The molecule has 2 aromatic carbocycles. The minimum Gasteiger partial charge on any atom is -0.342 e. The third-order valence-electron chi connectivity index (χ3n) is 7.65. The molecule has 8 nitrogen and oxygen atoms in total. The highest BCUT2D eigenvalue weighted by molar-refractivity contribution is 5.98. The van der Waals surface area contributed by atoms with E-state index in [1.807, 2.05) is 21.9 Å². The summed E-state index contributed by atoms with van der Waals surface area (Å²) in [5.74, 6) is -0.0592. The molecule has 0 spiro atoms. The molecule has 1 unspecified atom stereocenters. The lowest BCUT2D eigenvalue weighted by molar-refractivity contribution is -0.135. The van der Waals surface area contributed by atoms with Crippen LogP contribution in [0.4, 0.5) is 11.4 Å². The zero-order valence-corrected chi connectivity index (χ0v) is 21.8. The number of nitrogens with one attached hydrogen (secondary N) is 2. The molecule has 2 saturated heterocycles. The van der Waals surface area contributed by atoms with Gasteiger partial charge in [-0.25, -0.2) is 0 Å². The predicted molar refractivity (Wildman–Crippen MR) is 146 cm³/mol. The quantitative estimate of drug-likeness (QED) is 0.579. The maximum absolute atomic E-state index is 12.8. The van der Waals surface area contributed by atoms with E-state index in [4.69, 9.17) is 0 Å². The molecule has 0 radical (unpaired) electrons. The zero-order valence-electron chi connectivity index (χ0n) is 21.8. The summed E-state index contributed by atoms with van der Waals surface area (Å²) < 4.78 is 0. The molecule has 5 rings (SSSR count). The smallest absolute Gasteiger partial charge is 0.253 e. The van der Waals surface area contributed by atoms with Crippen LogP contribution in [0.5, 0.6) is 0 Å². The van der Waals surface area contributed by atoms with E-state index in [2.05, 4.69) is 10.6 Å². The normalized spacial score (nSPS) is 19.5. The van der Waals surface area contributed by atoms with E-state index in [1.54, 1.807) is 36.4 Å². The molecule has 2 aliphatic heterocycles. The molecule has 0 aromatic heterocycles. The molecule has 2 heterocycles. The van der Waals surface area contributed by atoms with Crippen molar-refractivity contribution in [1.29, 1.82) is 0 Å². The second-order valence-corrected chi connectivity index (χ2v) is 10.7. The number of hydrogen-bond acceptors (Lipinski definition) is 4. The number of nitrogens with zero attached hydrogens (tertiary/aromatic N) is 2. The Morgan fingerprint density at radius 2 is 1.47 bits per heavy atom. The van der Waals surface area contributed by atoms with Crippen LogP contribution in [0.15, 0.2) is 48.5 Å². The number of likely N-dealkylation sites (tertiary alicyclic amines) is 2.